The van der Waals surface area contributed by atoms with Gasteiger partial charge in [0.1, 0.15) is 12.4 Å². The summed E-state index contributed by atoms with van der Waals surface area (Å²) in [5, 5.41) is 0.905. The zero-order valence-corrected chi connectivity index (χ0v) is 10.8. The first-order valence-electron chi connectivity index (χ1n) is 5.17. The molecular formula is C13H9Cl2NO2. The third-order valence-electron chi connectivity index (χ3n) is 2.35. The van der Waals surface area contributed by atoms with Crippen LogP contribution in [0.3, 0.4) is 0 Å². The van der Waals surface area contributed by atoms with Crippen LogP contribution >= 0.6 is 23.2 Å². The van der Waals surface area contributed by atoms with E-state index < -0.39 is 0 Å². The van der Waals surface area contributed by atoms with E-state index in [9.17, 15) is 4.79 Å². The fourth-order valence-corrected chi connectivity index (χ4v) is 1.85. The smallest absolute Gasteiger partial charge is 0.153 e. The second-order valence-corrected chi connectivity index (χ2v) is 4.35. The minimum absolute atomic E-state index is 0.228. The summed E-state index contributed by atoms with van der Waals surface area (Å²) in [6, 6.07) is 6.75. The standard InChI is InChI=1S/C13H9Cl2NO2/c14-11-3-1-2-9(7-17)13(11)18-8-10-4-5-16-6-12(10)15/h1-7H,8H2. The Morgan fingerprint density at radius 2 is 2.06 bits per heavy atom. The van der Waals surface area contributed by atoms with Gasteiger partial charge in [-0.15, -0.1) is 0 Å². The Balaban J connectivity index is 2.21. The number of pyridine rings is 1. The molecule has 1 aromatic carbocycles. The number of ether oxygens (including phenoxy) is 1. The molecule has 92 valence electrons. The summed E-state index contributed by atoms with van der Waals surface area (Å²) in [6.07, 6.45) is 3.86. The van der Waals surface area contributed by atoms with Crippen molar-refractivity contribution in [3.05, 3.63) is 57.8 Å². The van der Waals surface area contributed by atoms with E-state index in [1.807, 2.05) is 0 Å². The van der Waals surface area contributed by atoms with Gasteiger partial charge in [0.05, 0.1) is 15.6 Å². The van der Waals surface area contributed by atoms with Gasteiger partial charge in [0.25, 0.3) is 0 Å². The topological polar surface area (TPSA) is 39.2 Å². The molecule has 0 amide bonds. The molecule has 0 spiro atoms. The monoisotopic (exact) mass is 281 g/mol. The van der Waals surface area contributed by atoms with Crippen molar-refractivity contribution in [2.24, 2.45) is 0 Å². The third-order valence-corrected chi connectivity index (χ3v) is 2.99. The first-order chi connectivity index (χ1) is 8.72. The number of aldehydes is 1. The molecule has 1 aromatic heterocycles. The lowest BCUT2D eigenvalue weighted by atomic mass is 10.2. The molecule has 3 nitrogen and oxygen atoms in total. The van der Waals surface area contributed by atoms with Crippen LogP contribution in [0.1, 0.15) is 15.9 Å². The fraction of sp³-hybridized carbons (Fsp3) is 0.0769. The van der Waals surface area contributed by atoms with E-state index in [0.29, 0.717) is 27.6 Å². The van der Waals surface area contributed by atoms with E-state index in [0.717, 1.165) is 5.56 Å². The van der Waals surface area contributed by atoms with Crippen molar-refractivity contribution < 1.29 is 9.53 Å². The number of benzene rings is 1. The van der Waals surface area contributed by atoms with Gasteiger partial charge in [-0.2, -0.15) is 0 Å². The summed E-state index contributed by atoms with van der Waals surface area (Å²) in [6.45, 7) is 0.228. The molecule has 0 saturated carbocycles. The molecule has 2 aromatic rings. The molecule has 0 fully saturated rings. The van der Waals surface area contributed by atoms with Gasteiger partial charge >= 0.3 is 0 Å². The molecule has 0 radical (unpaired) electrons. The third kappa shape index (κ3) is 2.81. The van der Waals surface area contributed by atoms with Crippen LogP contribution in [0.5, 0.6) is 5.75 Å². The van der Waals surface area contributed by atoms with Gasteiger partial charge in [-0.3, -0.25) is 9.78 Å². The number of carbonyl (C=O) groups excluding carboxylic acids is 1. The summed E-state index contributed by atoms with van der Waals surface area (Å²) in [4.78, 5) is 14.8. The van der Waals surface area contributed by atoms with Gasteiger partial charge in [-0.25, -0.2) is 0 Å². The lowest BCUT2D eigenvalue weighted by Gasteiger charge is -2.10. The molecule has 0 unspecified atom stereocenters. The highest BCUT2D eigenvalue weighted by Crippen LogP contribution is 2.28. The number of halogens is 2. The largest absolute Gasteiger partial charge is 0.487 e. The highest BCUT2D eigenvalue weighted by atomic mass is 35.5. The number of para-hydroxylation sites is 1. The van der Waals surface area contributed by atoms with Crippen LogP contribution in [0.25, 0.3) is 0 Å². The van der Waals surface area contributed by atoms with Gasteiger partial charge in [0.2, 0.25) is 0 Å². The lowest BCUT2D eigenvalue weighted by Crippen LogP contribution is -1.99. The molecule has 18 heavy (non-hydrogen) atoms. The van der Waals surface area contributed by atoms with Crippen LogP contribution < -0.4 is 4.74 Å². The zero-order valence-electron chi connectivity index (χ0n) is 9.27. The van der Waals surface area contributed by atoms with Crippen molar-refractivity contribution in [2.75, 3.05) is 0 Å². The van der Waals surface area contributed by atoms with Crippen molar-refractivity contribution in [2.45, 2.75) is 6.61 Å². The Bertz CT molecular complexity index is 573. The molecule has 0 aliphatic rings. The highest BCUT2D eigenvalue weighted by molar-refractivity contribution is 6.32. The van der Waals surface area contributed by atoms with Crippen LogP contribution in [0.2, 0.25) is 10.0 Å². The normalized spacial score (nSPS) is 10.1. The van der Waals surface area contributed by atoms with Gasteiger partial charge < -0.3 is 4.74 Å². The summed E-state index contributed by atoms with van der Waals surface area (Å²) in [5.74, 6) is 0.363. The van der Waals surface area contributed by atoms with E-state index in [1.54, 1.807) is 30.5 Å². The maximum atomic E-state index is 10.9. The second-order valence-electron chi connectivity index (χ2n) is 3.53. The quantitative estimate of drug-likeness (QED) is 0.801. The molecule has 0 atom stereocenters. The molecular weight excluding hydrogens is 273 g/mol. The van der Waals surface area contributed by atoms with E-state index in [-0.39, 0.29) is 6.61 Å². The van der Waals surface area contributed by atoms with Gasteiger partial charge in [-0.1, -0.05) is 29.3 Å². The minimum atomic E-state index is 0.228. The first kappa shape index (κ1) is 12.9. The van der Waals surface area contributed by atoms with Crippen LogP contribution in [-0.2, 0) is 6.61 Å². The summed E-state index contributed by atoms with van der Waals surface area (Å²) in [7, 11) is 0. The van der Waals surface area contributed by atoms with E-state index in [1.165, 1.54) is 6.20 Å². The van der Waals surface area contributed by atoms with Gasteiger partial charge in [-0.05, 0) is 18.2 Å². The van der Waals surface area contributed by atoms with E-state index in [4.69, 9.17) is 27.9 Å². The molecule has 0 N–H and O–H groups in total. The number of carbonyl (C=O) groups is 1. The van der Waals surface area contributed by atoms with Crippen LogP contribution in [0, 0.1) is 0 Å². The van der Waals surface area contributed by atoms with Crippen molar-refractivity contribution in [1.82, 2.24) is 4.98 Å². The van der Waals surface area contributed by atoms with Crippen LogP contribution in [-0.4, -0.2) is 11.3 Å². The Labute approximate surface area is 114 Å². The fourth-order valence-electron chi connectivity index (χ4n) is 1.44. The molecule has 0 saturated heterocycles. The Morgan fingerprint density at radius 3 is 2.78 bits per heavy atom. The van der Waals surface area contributed by atoms with Crippen molar-refractivity contribution in [1.29, 1.82) is 0 Å². The highest BCUT2D eigenvalue weighted by Gasteiger charge is 2.09. The van der Waals surface area contributed by atoms with E-state index >= 15 is 0 Å². The lowest BCUT2D eigenvalue weighted by molar-refractivity contribution is 0.111. The zero-order chi connectivity index (χ0) is 13.0. The van der Waals surface area contributed by atoms with Crippen molar-refractivity contribution in [3.8, 4) is 5.75 Å². The minimum Gasteiger partial charge on any atom is -0.487 e. The van der Waals surface area contributed by atoms with Gasteiger partial charge in [0.15, 0.2) is 6.29 Å². The van der Waals surface area contributed by atoms with Crippen molar-refractivity contribution >= 4 is 29.5 Å². The number of hydrogen-bond acceptors (Lipinski definition) is 3. The molecule has 0 aliphatic carbocycles. The SMILES string of the molecule is O=Cc1cccc(Cl)c1OCc1ccncc1Cl. The Kier molecular flexibility index (Phi) is 4.18. The van der Waals surface area contributed by atoms with E-state index in [2.05, 4.69) is 4.98 Å². The molecule has 0 aliphatic heterocycles. The molecule has 0 bridgehead atoms. The van der Waals surface area contributed by atoms with Crippen LogP contribution in [0.15, 0.2) is 36.7 Å². The first-order valence-corrected chi connectivity index (χ1v) is 5.93. The molecule has 2 rings (SSSR count). The number of aromatic nitrogens is 1. The number of nitrogens with zero attached hydrogens (tertiary/aromatic N) is 1. The summed E-state index contributed by atoms with van der Waals surface area (Å²) >= 11 is 11.9. The van der Waals surface area contributed by atoms with Crippen LogP contribution in [0.4, 0.5) is 0 Å². The predicted molar refractivity (Wildman–Crippen MR) is 70.4 cm³/mol. The second kappa shape index (κ2) is 5.85. The molecule has 1 heterocycles. The Morgan fingerprint density at radius 1 is 1.22 bits per heavy atom. The maximum Gasteiger partial charge on any atom is 0.153 e. The average molecular weight is 282 g/mol. The summed E-state index contributed by atoms with van der Waals surface area (Å²) < 4.78 is 5.55. The van der Waals surface area contributed by atoms with Crippen molar-refractivity contribution in [3.63, 3.8) is 0 Å². The predicted octanol–water partition coefficient (Wildman–Crippen LogP) is 3.78. The summed E-state index contributed by atoms with van der Waals surface area (Å²) in [5.41, 5.74) is 1.19. The number of hydrogen-bond donors (Lipinski definition) is 0. The number of rotatable bonds is 4. The average Bonchev–Trinajstić information content (AvgIpc) is 2.39. The Hall–Kier alpha value is -1.58. The van der Waals surface area contributed by atoms with Gasteiger partial charge in [0, 0.05) is 18.0 Å². The maximum absolute atomic E-state index is 10.9. The molecule has 5 heteroatoms.